The van der Waals surface area contributed by atoms with E-state index >= 15 is 0 Å². The molecule has 0 aromatic heterocycles. The molecule has 0 heterocycles. The lowest BCUT2D eigenvalue weighted by Gasteiger charge is -1.97. The van der Waals surface area contributed by atoms with Crippen molar-refractivity contribution in [3.63, 3.8) is 0 Å². The van der Waals surface area contributed by atoms with Crippen molar-refractivity contribution in [2.75, 3.05) is 5.75 Å². The topological polar surface area (TPSA) is 37.3 Å². The minimum absolute atomic E-state index is 0.370. The second kappa shape index (κ2) is 5.06. The molecule has 1 unspecified atom stereocenters. The molecule has 1 rings (SSSR count). The van der Waals surface area contributed by atoms with E-state index in [-0.39, 0.29) is 0 Å². The van der Waals surface area contributed by atoms with Crippen LogP contribution in [0.5, 0.6) is 0 Å². The molecule has 2 nitrogen and oxygen atoms in total. The summed E-state index contributed by atoms with van der Waals surface area (Å²) in [6, 6.07) is 9.98. The lowest BCUT2D eigenvalue weighted by molar-refractivity contribution is 0.561. The van der Waals surface area contributed by atoms with Gasteiger partial charge in [0.2, 0.25) is 0 Å². The van der Waals surface area contributed by atoms with Crippen LogP contribution in [0.4, 0.5) is 0 Å². The molecule has 1 aromatic rings. The predicted octanol–water partition coefficient (Wildman–Crippen LogP) is 1.84. The van der Waals surface area contributed by atoms with E-state index in [2.05, 4.69) is 0 Å². The Labute approximate surface area is 74.9 Å². The molecule has 0 saturated heterocycles. The third-order valence-electron chi connectivity index (χ3n) is 1.63. The molecule has 0 fully saturated rings. The van der Waals surface area contributed by atoms with Gasteiger partial charge >= 0.3 is 0 Å². The summed E-state index contributed by atoms with van der Waals surface area (Å²) < 4.78 is 18.8. The van der Waals surface area contributed by atoms with Crippen molar-refractivity contribution in [2.45, 2.75) is 12.8 Å². The Balaban J connectivity index is 2.29. The predicted molar refractivity (Wildman–Crippen MR) is 50.4 cm³/mol. The number of hydrogen-bond acceptors (Lipinski definition) is 1. The molecule has 66 valence electrons. The maximum absolute atomic E-state index is 10.3. The van der Waals surface area contributed by atoms with E-state index in [4.69, 9.17) is 4.55 Å². The molecule has 0 bridgehead atoms. The molecule has 3 heteroatoms. The van der Waals surface area contributed by atoms with E-state index in [1.807, 2.05) is 30.3 Å². The largest absolute Gasteiger partial charge is 0.306 e. The Hall–Kier alpha value is -0.670. The number of benzene rings is 1. The van der Waals surface area contributed by atoms with Crippen LogP contribution < -0.4 is 0 Å². The first-order valence-electron chi connectivity index (χ1n) is 3.90. The minimum Gasteiger partial charge on any atom is -0.306 e. The first kappa shape index (κ1) is 9.42. The Bertz CT molecular complexity index is 246. The van der Waals surface area contributed by atoms with Gasteiger partial charge in [0.05, 0.1) is 0 Å². The third kappa shape index (κ3) is 3.64. The van der Waals surface area contributed by atoms with Gasteiger partial charge in [-0.3, -0.25) is 0 Å². The molecule has 0 amide bonds. The molecule has 0 spiro atoms. The lowest BCUT2D eigenvalue weighted by atomic mass is 10.1. The first-order chi connectivity index (χ1) is 5.79. The lowest BCUT2D eigenvalue weighted by Crippen LogP contribution is -1.96. The summed E-state index contributed by atoms with van der Waals surface area (Å²) in [4.78, 5) is 0. The van der Waals surface area contributed by atoms with Crippen molar-refractivity contribution in [3.05, 3.63) is 35.9 Å². The van der Waals surface area contributed by atoms with Crippen LogP contribution in [0, 0.1) is 0 Å². The van der Waals surface area contributed by atoms with Gasteiger partial charge in [-0.25, -0.2) is 4.21 Å². The zero-order valence-corrected chi connectivity index (χ0v) is 7.59. The fourth-order valence-corrected chi connectivity index (χ4v) is 1.44. The van der Waals surface area contributed by atoms with E-state index in [1.54, 1.807) is 0 Å². The summed E-state index contributed by atoms with van der Waals surface area (Å²) in [6.07, 6.45) is 1.65. The van der Waals surface area contributed by atoms with Crippen LogP contribution >= 0.6 is 0 Å². The van der Waals surface area contributed by atoms with Gasteiger partial charge in [0.25, 0.3) is 0 Å². The zero-order chi connectivity index (χ0) is 8.81. The second-order valence-electron chi connectivity index (χ2n) is 2.61. The first-order valence-corrected chi connectivity index (χ1v) is 5.18. The second-order valence-corrected chi connectivity index (χ2v) is 3.67. The summed E-state index contributed by atoms with van der Waals surface area (Å²) >= 11 is -1.64. The fourth-order valence-electron chi connectivity index (χ4n) is 1.04. The Morgan fingerprint density at radius 2 is 1.92 bits per heavy atom. The maximum atomic E-state index is 10.3. The van der Waals surface area contributed by atoms with Crippen molar-refractivity contribution >= 4 is 11.1 Å². The van der Waals surface area contributed by atoms with Crippen LogP contribution in [-0.4, -0.2) is 14.5 Å². The average molecular weight is 184 g/mol. The highest BCUT2D eigenvalue weighted by molar-refractivity contribution is 7.79. The van der Waals surface area contributed by atoms with Crippen LogP contribution in [0.3, 0.4) is 0 Å². The summed E-state index contributed by atoms with van der Waals surface area (Å²) in [7, 11) is 0. The van der Waals surface area contributed by atoms with Gasteiger partial charge in [-0.2, -0.15) is 0 Å². The smallest absolute Gasteiger partial charge is 0.152 e. The highest BCUT2D eigenvalue weighted by atomic mass is 32.2. The summed E-state index contributed by atoms with van der Waals surface area (Å²) in [6.45, 7) is 0. The van der Waals surface area contributed by atoms with E-state index < -0.39 is 11.1 Å². The van der Waals surface area contributed by atoms with Gasteiger partial charge in [-0.05, 0) is 18.4 Å². The minimum atomic E-state index is -1.64. The number of rotatable bonds is 4. The van der Waals surface area contributed by atoms with Crippen LogP contribution in [0.25, 0.3) is 0 Å². The Morgan fingerprint density at radius 1 is 1.25 bits per heavy atom. The van der Waals surface area contributed by atoms with Crippen LogP contribution in [0.15, 0.2) is 30.3 Å². The SMILES string of the molecule is O=S(O)CCCc1ccccc1. The monoisotopic (exact) mass is 184 g/mol. The van der Waals surface area contributed by atoms with Crippen molar-refractivity contribution < 1.29 is 8.76 Å². The average Bonchev–Trinajstić information content (AvgIpc) is 2.05. The molecule has 1 N–H and O–H groups in total. The summed E-state index contributed by atoms with van der Waals surface area (Å²) in [5, 5.41) is 0. The summed E-state index contributed by atoms with van der Waals surface area (Å²) in [5.74, 6) is 0.370. The van der Waals surface area contributed by atoms with Gasteiger partial charge in [0, 0.05) is 5.75 Å². The third-order valence-corrected chi connectivity index (χ3v) is 2.27. The molecule has 1 aromatic carbocycles. The Morgan fingerprint density at radius 3 is 2.50 bits per heavy atom. The Kier molecular flexibility index (Phi) is 3.97. The van der Waals surface area contributed by atoms with E-state index in [1.165, 1.54) is 5.56 Å². The van der Waals surface area contributed by atoms with Gasteiger partial charge in [-0.15, -0.1) is 0 Å². The maximum Gasteiger partial charge on any atom is 0.152 e. The standard InChI is InChI=1S/C9H12O2S/c10-12(11)8-4-7-9-5-2-1-3-6-9/h1-3,5-6H,4,7-8H2,(H,10,11). The van der Waals surface area contributed by atoms with Crippen LogP contribution in [-0.2, 0) is 17.5 Å². The molecule has 0 aliphatic carbocycles. The van der Waals surface area contributed by atoms with Crippen molar-refractivity contribution in [1.82, 2.24) is 0 Å². The van der Waals surface area contributed by atoms with Crippen molar-refractivity contribution in [3.8, 4) is 0 Å². The molecule has 0 aliphatic rings. The van der Waals surface area contributed by atoms with Crippen LogP contribution in [0.2, 0.25) is 0 Å². The number of aryl methyl sites for hydroxylation is 1. The fraction of sp³-hybridized carbons (Fsp3) is 0.333. The molecule has 1 atom stereocenters. The normalized spacial score (nSPS) is 12.8. The van der Waals surface area contributed by atoms with E-state index in [0.717, 1.165) is 12.8 Å². The highest BCUT2D eigenvalue weighted by Crippen LogP contribution is 2.02. The zero-order valence-electron chi connectivity index (χ0n) is 6.77. The quantitative estimate of drug-likeness (QED) is 0.725. The molecule has 0 saturated carbocycles. The van der Waals surface area contributed by atoms with Gasteiger partial charge in [-0.1, -0.05) is 30.3 Å². The van der Waals surface area contributed by atoms with Gasteiger partial charge in [0.1, 0.15) is 0 Å². The molecular formula is C9H12O2S. The molecule has 12 heavy (non-hydrogen) atoms. The van der Waals surface area contributed by atoms with Gasteiger partial charge < -0.3 is 4.55 Å². The molecular weight excluding hydrogens is 172 g/mol. The van der Waals surface area contributed by atoms with Crippen molar-refractivity contribution in [1.29, 1.82) is 0 Å². The van der Waals surface area contributed by atoms with E-state index in [0.29, 0.717) is 5.75 Å². The highest BCUT2D eigenvalue weighted by Gasteiger charge is 1.94. The van der Waals surface area contributed by atoms with Crippen LogP contribution in [0.1, 0.15) is 12.0 Å². The number of hydrogen-bond donors (Lipinski definition) is 1. The summed E-state index contributed by atoms with van der Waals surface area (Å²) in [5.41, 5.74) is 1.22. The van der Waals surface area contributed by atoms with Gasteiger partial charge in [0.15, 0.2) is 11.1 Å². The molecule has 0 radical (unpaired) electrons. The molecule has 0 aliphatic heterocycles. The van der Waals surface area contributed by atoms with Crippen molar-refractivity contribution in [2.24, 2.45) is 0 Å². The van der Waals surface area contributed by atoms with E-state index in [9.17, 15) is 4.21 Å².